The van der Waals surface area contributed by atoms with Gasteiger partial charge in [0.2, 0.25) is 10.0 Å². The zero-order valence-electron chi connectivity index (χ0n) is 12.8. The molecule has 0 radical (unpaired) electrons. The topological polar surface area (TPSA) is 49.4 Å². The summed E-state index contributed by atoms with van der Waals surface area (Å²) in [6, 6.07) is 10.5. The van der Waals surface area contributed by atoms with Crippen LogP contribution in [0.1, 0.15) is 33.3 Å². The minimum absolute atomic E-state index is 0.0916. The van der Waals surface area contributed by atoms with Crippen molar-refractivity contribution in [1.82, 2.24) is 9.62 Å². The summed E-state index contributed by atoms with van der Waals surface area (Å²) in [6.07, 6.45) is 0. The normalized spacial score (nSPS) is 13.9. The number of nitrogens with zero attached hydrogens (tertiary/aromatic N) is 1. The van der Waals surface area contributed by atoms with Crippen LogP contribution >= 0.6 is 0 Å². The summed E-state index contributed by atoms with van der Waals surface area (Å²) in [6.45, 7) is 9.35. The fourth-order valence-corrected chi connectivity index (χ4v) is 2.91. The van der Waals surface area contributed by atoms with Crippen LogP contribution < -0.4 is 4.72 Å². The molecule has 0 aliphatic carbocycles. The van der Waals surface area contributed by atoms with E-state index in [0.29, 0.717) is 12.6 Å². The summed E-state index contributed by atoms with van der Waals surface area (Å²) >= 11 is 0. The molecule has 0 bridgehead atoms. The molecule has 1 rings (SSSR count). The first-order chi connectivity index (χ1) is 9.34. The lowest BCUT2D eigenvalue weighted by molar-refractivity contribution is 0.199. The third-order valence-electron chi connectivity index (χ3n) is 3.23. The van der Waals surface area contributed by atoms with E-state index < -0.39 is 10.0 Å². The van der Waals surface area contributed by atoms with Gasteiger partial charge in [0, 0.05) is 25.2 Å². The Kier molecular flexibility index (Phi) is 6.65. The predicted octanol–water partition coefficient (Wildman–Crippen LogP) is 2.22. The van der Waals surface area contributed by atoms with Crippen molar-refractivity contribution in [2.24, 2.45) is 0 Å². The summed E-state index contributed by atoms with van der Waals surface area (Å²) < 4.78 is 25.9. The zero-order valence-corrected chi connectivity index (χ0v) is 13.7. The van der Waals surface area contributed by atoms with Gasteiger partial charge >= 0.3 is 0 Å². The average molecular weight is 298 g/mol. The molecule has 1 atom stereocenters. The Hall–Kier alpha value is -0.910. The monoisotopic (exact) mass is 298 g/mol. The Morgan fingerprint density at radius 1 is 1.15 bits per heavy atom. The molecule has 1 aromatic rings. The van der Waals surface area contributed by atoms with Crippen LogP contribution in [-0.4, -0.2) is 37.7 Å². The maximum atomic E-state index is 11.6. The highest BCUT2D eigenvalue weighted by Gasteiger charge is 2.17. The van der Waals surface area contributed by atoms with E-state index in [4.69, 9.17) is 0 Å². The molecule has 114 valence electrons. The lowest BCUT2D eigenvalue weighted by Gasteiger charge is -2.29. The number of sulfonamides is 1. The highest BCUT2D eigenvalue weighted by Crippen LogP contribution is 2.09. The molecule has 0 aliphatic heterocycles. The van der Waals surface area contributed by atoms with Gasteiger partial charge in [-0.25, -0.2) is 13.1 Å². The van der Waals surface area contributed by atoms with Crippen LogP contribution in [-0.2, 0) is 16.6 Å². The molecular weight excluding hydrogens is 272 g/mol. The van der Waals surface area contributed by atoms with Crippen LogP contribution in [0.3, 0.4) is 0 Å². The highest BCUT2D eigenvalue weighted by atomic mass is 32.2. The Balaban J connectivity index is 2.64. The summed E-state index contributed by atoms with van der Waals surface area (Å²) in [5, 5.41) is 0. The van der Waals surface area contributed by atoms with Gasteiger partial charge in [0.1, 0.15) is 0 Å². The van der Waals surface area contributed by atoms with Crippen molar-refractivity contribution in [1.29, 1.82) is 0 Å². The van der Waals surface area contributed by atoms with Gasteiger partial charge in [-0.1, -0.05) is 30.3 Å². The molecule has 5 heteroatoms. The maximum Gasteiger partial charge on any atom is 0.211 e. The van der Waals surface area contributed by atoms with Crippen molar-refractivity contribution in [3.63, 3.8) is 0 Å². The lowest BCUT2D eigenvalue weighted by atomic mass is 10.1. The predicted molar refractivity (Wildman–Crippen MR) is 84.0 cm³/mol. The number of hydrogen-bond acceptors (Lipinski definition) is 3. The van der Waals surface area contributed by atoms with Crippen molar-refractivity contribution >= 4 is 10.0 Å². The van der Waals surface area contributed by atoms with E-state index >= 15 is 0 Å². The maximum absolute atomic E-state index is 11.6. The van der Waals surface area contributed by atoms with Crippen LogP contribution in [0.4, 0.5) is 0 Å². The van der Waals surface area contributed by atoms with Crippen molar-refractivity contribution in [3.05, 3.63) is 35.9 Å². The van der Waals surface area contributed by atoms with E-state index in [1.807, 2.05) is 25.1 Å². The Morgan fingerprint density at radius 2 is 1.75 bits per heavy atom. The minimum atomic E-state index is -3.14. The van der Waals surface area contributed by atoms with Gasteiger partial charge in [0.05, 0.1) is 5.75 Å². The van der Waals surface area contributed by atoms with Gasteiger partial charge < -0.3 is 0 Å². The fourth-order valence-electron chi connectivity index (χ4n) is 2.05. The molecular formula is C15H26N2O2S. The first-order valence-corrected chi connectivity index (χ1v) is 8.77. The second kappa shape index (κ2) is 7.76. The van der Waals surface area contributed by atoms with Gasteiger partial charge in [-0.2, -0.15) is 0 Å². The third kappa shape index (κ3) is 6.03. The smallest absolute Gasteiger partial charge is 0.211 e. The standard InChI is InChI=1S/C15H26N2O2S/c1-5-20(18,19)16-14(4)11-17(13(2)3)12-15-9-7-6-8-10-15/h6-10,13-14,16H,5,11-12H2,1-4H3. The first kappa shape index (κ1) is 17.1. The minimum Gasteiger partial charge on any atom is -0.295 e. The van der Waals surface area contributed by atoms with E-state index in [2.05, 4.69) is 35.6 Å². The quantitative estimate of drug-likeness (QED) is 0.800. The van der Waals surface area contributed by atoms with E-state index in [0.717, 1.165) is 6.54 Å². The van der Waals surface area contributed by atoms with E-state index in [1.54, 1.807) is 6.92 Å². The SMILES string of the molecule is CCS(=O)(=O)NC(C)CN(Cc1ccccc1)C(C)C. The molecule has 4 nitrogen and oxygen atoms in total. The van der Waals surface area contributed by atoms with Crippen molar-refractivity contribution in [3.8, 4) is 0 Å². The Labute approximate surface area is 123 Å². The van der Waals surface area contributed by atoms with Crippen LogP contribution in [0.5, 0.6) is 0 Å². The Bertz CT molecular complexity index is 486. The van der Waals surface area contributed by atoms with Crippen LogP contribution in [0.25, 0.3) is 0 Å². The third-order valence-corrected chi connectivity index (χ3v) is 4.75. The van der Waals surface area contributed by atoms with E-state index in [1.165, 1.54) is 5.56 Å². The molecule has 20 heavy (non-hydrogen) atoms. The largest absolute Gasteiger partial charge is 0.295 e. The van der Waals surface area contributed by atoms with Gasteiger partial charge in [0.15, 0.2) is 0 Å². The number of hydrogen-bond donors (Lipinski definition) is 1. The van der Waals surface area contributed by atoms with Gasteiger partial charge in [-0.3, -0.25) is 4.90 Å². The van der Waals surface area contributed by atoms with E-state index in [9.17, 15) is 8.42 Å². The fraction of sp³-hybridized carbons (Fsp3) is 0.600. The molecule has 0 heterocycles. The van der Waals surface area contributed by atoms with Crippen molar-refractivity contribution in [2.45, 2.75) is 46.3 Å². The summed E-state index contributed by atoms with van der Waals surface area (Å²) in [5.41, 5.74) is 1.24. The van der Waals surface area contributed by atoms with Crippen molar-refractivity contribution < 1.29 is 8.42 Å². The molecule has 0 fully saturated rings. The van der Waals surface area contributed by atoms with Crippen LogP contribution in [0, 0.1) is 0 Å². The van der Waals surface area contributed by atoms with Crippen LogP contribution in [0.2, 0.25) is 0 Å². The van der Waals surface area contributed by atoms with Gasteiger partial charge in [0.25, 0.3) is 0 Å². The summed E-state index contributed by atoms with van der Waals surface area (Å²) in [7, 11) is -3.14. The molecule has 0 aromatic heterocycles. The molecule has 0 amide bonds. The van der Waals surface area contributed by atoms with E-state index in [-0.39, 0.29) is 11.8 Å². The van der Waals surface area contributed by atoms with Crippen LogP contribution in [0.15, 0.2) is 30.3 Å². The average Bonchev–Trinajstić information content (AvgIpc) is 2.38. The molecule has 1 N–H and O–H groups in total. The number of benzene rings is 1. The molecule has 1 aromatic carbocycles. The van der Waals surface area contributed by atoms with Crippen molar-refractivity contribution in [2.75, 3.05) is 12.3 Å². The molecule has 0 saturated heterocycles. The molecule has 0 saturated carbocycles. The zero-order chi connectivity index (χ0) is 15.2. The molecule has 0 aliphatic rings. The second-order valence-corrected chi connectivity index (χ2v) is 7.47. The van der Waals surface area contributed by atoms with Gasteiger partial charge in [-0.15, -0.1) is 0 Å². The molecule has 0 spiro atoms. The van der Waals surface area contributed by atoms with Gasteiger partial charge in [-0.05, 0) is 33.3 Å². The number of rotatable bonds is 8. The summed E-state index contributed by atoms with van der Waals surface area (Å²) in [5.74, 6) is 0.123. The Morgan fingerprint density at radius 3 is 2.25 bits per heavy atom. The summed E-state index contributed by atoms with van der Waals surface area (Å²) in [4.78, 5) is 2.28. The number of nitrogens with one attached hydrogen (secondary N) is 1. The highest BCUT2D eigenvalue weighted by molar-refractivity contribution is 7.89. The lowest BCUT2D eigenvalue weighted by Crippen LogP contribution is -2.44. The molecule has 1 unspecified atom stereocenters. The second-order valence-electron chi connectivity index (χ2n) is 5.43. The first-order valence-electron chi connectivity index (χ1n) is 7.12.